The number of aryl methyl sites for hydroxylation is 2. The van der Waals surface area contributed by atoms with E-state index in [-0.39, 0.29) is 4.90 Å². The summed E-state index contributed by atoms with van der Waals surface area (Å²) in [6, 6.07) is 14.9. The molecule has 0 unspecified atom stereocenters. The Morgan fingerprint density at radius 1 is 1.07 bits per heavy atom. The van der Waals surface area contributed by atoms with Crippen LogP contribution in [0.25, 0.3) is 0 Å². The fourth-order valence-electron chi connectivity index (χ4n) is 2.28. The predicted octanol–water partition coefficient (Wildman–Crippen LogP) is 3.90. The fourth-order valence-corrected chi connectivity index (χ4v) is 3.75. The summed E-state index contributed by atoms with van der Waals surface area (Å²) < 4.78 is 29.9. The van der Waals surface area contributed by atoms with Gasteiger partial charge in [-0.15, -0.1) is 11.3 Å². The number of ether oxygens (including phenoxy) is 1. The fraction of sp³-hybridized carbons (Fsp3) is 0.100. The maximum absolute atomic E-state index is 12.3. The molecule has 0 saturated carbocycles. The molecular formula is C20H18N2O4S2. The molecule has 28 heavy (non-hydrogen) atoms. The van der Waals surface area contributed by atoms with Gasteiger partial charge in [-0.3, -0.25) is 0 Å². The maximum atomic E-state index is 12.3. The minimum Gasteiger partial charge on any atom is -0.422 e. The van der Waals surface area contributed by atoms with E-state index in [1.165, 1.54) is 23.6 Å². The first-order valence-electron chi connectivity index (χ1n) is 8.33. The van der Waals surface area contributed by atoms with Crippen LogP contribution in [0.15, 0.2) is 70.0 Å². The van der Waals surface area contributed by atoms with Gasteiger partial charge in [0.15, 0.2) is 0 Å². The molecule has 0 aliphatic rings. The standard InChI is InChI=1S/C20H18N2O4S2/c1-14-5-10-18(12-15(14)2)28(24,25)22-21-13-16-6-8-17(9-7-16)26-20(23)19-4-3-11-27-19/h3-13,22H,1-2H3/b21-13+. The number of sulfonamides is 1. The van der Waals surface area contributed by atoms with E-state index in [0.29, 0.717) is 16.2 Å². The molecule has 1 aromatic heterocycles. The molecule has 1 heterocycles. The van der Waals surface area contributed by atoms with E-state index in [0.717, 1.165) is 11.1 Å². The third-order valence-electron chi connectivity index (χ3n) is 3.99. The van der Waals surface area contributed by atoms with Crippen LogP contribution in [0.2, 0.25) is 0 Å². The number of esters is 1. The number of thiophene rings is 1. The highest BCUT2D eigenvalue weighted by Gasteiger charge is 2.13. The average molecular weight is 415 g/mol. The molecule has 6 nitrogen and oxygen atoms in total. The Morgan fingerprint density at radius 2 is 1.82 bits per heavy atom. The van der Waals surface area contributed by atoms with Crippen molar-refractivity contribution in [2.75, 3.05) is 0 Å². The van der Waals surface area contributed by atoms with Gasteiger partial charge in [-0.05, 0) is 78.4 Å². The second-order valence-corrected chi connectivity index (χ2v) is 8.64. The van der Waals surface area contributed by atoms with Gasteiger partial charge in [-0.1, -0.05) is 12.1 Å². The summed E-state index contributed by atoms with van der Waals surface area (Å²) >= 11 is 1.31. The summed E-state index contributed by atoms with van der Waals surface area (Å²) in [5, 5.41) is 5.60. The summed E-state index contributed by atoms with van der Waals surface area (Å²) in [5.74, 6) is -0.0242. The molecule has 3 aromatic rings. The summed E-state index contributed by atoms with van der Waals surface area (Å²) in [6.07, 6.45) is 1.38. The van der Waals surface area contributed by atoms with E-state index in [9.17, 15) is 13.2 Å². The first kappa shape index (κ1) is 19.8. The number of nitrogens with zero attached hydrogens (tertiary/aromatic N) is 1. The second-order valence-electron chi connectivity index (χ2n) is 6.03. The third-order valence-corrected chi connectivity index (χ3v) is 6.06. The Kier molecular flexibility index (Phi) is 5.91. The highest BCUT2D eigenvalue weighted by molar-refractivity contribution is 7.89. The lowest BCUT2D eigenvalue weighted by Gasteiger charge is -2.06. The Balaban J connectivity index is 1.62. The zero-order chi connectivity index (χ0) is 20.1. The van der Waals surface area contributed by atoms with E-state index in [4.69, 9.17) is 4.74 Å². The lowest BCUT2D eigenvalue weighted by atomic mass is 10.1. The highest BCUT2D eigenvalue weighted by atomic mass is 32.2. The first-order valence-corrected chi connectivity index (χ1v) is 10.7. The smallest absolute Gasteiger partial charge is 0.353 e. The van der Waals surface area contributed by atoms with E-state index in [1.54, 1.807) is 53.9 Å². The van der Waals surface area contributed by atoms with Crippen molar-refractivity contribution in [1.82, 2.24) is 4.83 Å². The van der Waals surface area contributed by atoms with Crippen molar-refractivity contribution in [3.8, 4) is 5.75 Å². The molecule has 1 N–H and O–H groups in total. The normalized spacial score (nSPS) is 11.5. The number of nitrogens with one attached hydrogen (secondary N) is 1. The van der Waals surface area contributed by atoms with Gasteiger partial charge in [-0.2, -0.15) is 13.5 Å². The Labute approximate surface area is 167 Å². The highest BCUT2D eigenvalue weighted by Crippen LogP contribution is 2.17. The van der Waals surface area contributed by atoms with E-state index in [1.807, 2.05) is 13.8 Å². The predicted molar refractivity (Wildman–Crippen MR) is 110 cm³/mol. The number of carbonyl (C=O) groups is 1. The molecule has 2 aromatic carbocycles. The van der Waals surface area contributed by atoms with Gasteiger partial charge in [0.25, 0.3) is 10.0 Å². The first-order chi connectivity index (χ1) is 13.3. The zero-order valence-corrected chi connectivity index (χ0v) is 16.9. The van der Waals surface area contributed by atoms with Crippen LogP contribution in [0.1, 0.15) is 26.4 Å². The number of carbonyl (C=O) groups excluding carboxylic acids is 1. The molecule has 0 fully saturated rings. The molecule has 0 bridgehead atoms. The molecule has 144 valence electrons. The van der Waals surface area contributed by atoms with E-state index >= 15 is 0 Å². The van der Waals surface area contributed by atoms with Crippen molar-refractivity contribution >= 4 is 33.5 Å². The van der Waals surface area contributed by atoms with Gasteiger partial charge in [0.05, 0.1) is 11.1 Å². The maximum Gasteiger partial charge on any atom is 0.353 e. The average Bonchev–Trinajstić information content (AvgIpc) is 3.20. The number of rotatable bonds is 6. The summed E-state index contributed by atoms with van der Waals surface area (Å²) in [6.45, 7) is 3.77. The molecule has 0 spiro atoms. The van der Waals surface area contributed by atoms with Crippen LogP contribution < -0.4 is 9.57 Å². The quantitative estimate of drug-likeness (QED) is 0.287. The molecule has 0 aliphatic heterocycles. The molecular weight excluding hydrogens is 396 g/mol. The molecule has 3 rings (SSSR count). The van der Waals surface area contributed by atoms with Crippen LogP contribution in [0, 0.1) is 13.8 Å². The number of hydrogen-bond donors (Lipinski definition) is 1. The molecule has 0 radical (unpaired) electrons. The van der Waals surface area contributed by atoms with Gasteiger partial charge in [0.1, 0.15) is 10.6 Å². The van der Waals surface area contributed by atoms with Crippen LogP contribution in [-0.2, 0) is 10.0 Å². The molecule has 8 heteroatoms. The van der Waals surface area contributed by atoms with Crippen LogP contribution >= 0.6 is 11.3 Å². The molecule has 0 saturated heterocycles. The third kappa shape index (κ3) is 4.85. The van der Waals surface area contributed by atoms with Crippen molar-refractivity contribution < 1.29 is 17.9 Å². The molecule has 0 amide bonds. The molecule has 0 atom stereocenters. The topological polar surface area (TPSA) is 84.8 Å². The lowest BCUT2D eigenvalue weighted by molar-refractivity contribution is 0.0740. The van der Waals surface area contributed by atoms with Crippen molar-refractivity contribution in [2.24, 2.45) is 5.10 Å². The summed E-state index contributed by atoms with van der Waals surface area (Å²) in [7, 11) is -3.73. The minimum absolute atomic E-state index is 0.156. The summed E-state index contributed by atoms with van der Waals surface area (Å²) in [5.41, 5.74) is 2.56. The number of hydrazone groups is 1. The van der Waals surface area contributed by atoms with Gasteiger partial charge < -0.3 is 4.74 Å². The molecule has 0 aliphatic carbocycles. The monoisotopic (exact) mass is 414 g/mol. The minimum atomic E-state index is -3.73. The van der Waals surface area contributed by atoms with Crippen LogP contribution in [0.4, 0.5) is 0 Å². The second kappa shape index (κ2) is 8.37. The Bertz CT molecular complexity index is 1100. The van der Waals surface area contributed by atoms with E-state index < -0.39 is 16.0 Å². The largest absolute Gasteiger partial charge is 0.422 e. The van der Waals surface area contributed by atoms with E-state index in [2.05, 4.69) is 9.93 Å². The van der Waals surface area contributed by atoms with Gasteiger partial charge in [0.2, 0.25) is 0 Å². The number of benzene rings is 2. The SMILES string of the molecule is Cc1ccc(S(=O)(=O)N/N=C/c2ccc(OC(=O)c3cccs3)cc2)cc1C. The zero-order valence-electron chi connectivity index (χ0n) is 15.2. The van der Waals surface area contributed by atoms with Crippen LogP contribution in [0.5, 0.6) is 5.75 Å². The van der Waals surface area contributed by atoms with Gasteiger partial charge in [0, 0.05) is 0 Å². The van der Waals surface area contributed by atoms with Gasteiger partial charge in [-0.25, -0.2) is 9.63 Å². The van der Waals surface area contributed by atoms with Crippen molar-refractivity contribution in [1.29, 1.82) is 0 Å². The lowest BCUT2D eigenvalue weighted by Crippen LogP contribution is -2.18. The Morgan fingerprint density at radius 3 is 2.46 bits per heavy atom. The Hall–Kier alpha value is -2.97. The van der Waals surface area contributed by atoms with Crippen molar-refractivity contribution in [3.05, 3.63) is 81.5 Å². The van der Waals surface area contributed by atoms with Crippen LogP contribution in [0.3, 0.4) is 0 Å². The van der Waals surface area contributed by atoms with Gasteiger partial charge >= 0.3 is 5.97 Å². The van der Waals surface area contributed by atoms with Crippen LogP contribution in [-0.4, -0.2) is 20.6 Å². The summed E-state index contributed by atoms with van der Waals surface area (Å²) in [4.78, 5) is 14.8. The number of hydrogen-bond acceptors (Lipinski definition) is 6. The van der Waals surface area contributed by atoms with Crippen molar-refractivity contribution in [3.63, 3.8) is 0 Å². The van der Waals surface area contributed by atoms with Crippen molar-refractivity contribution in [2.45, 2.75) is 18.7 Å².